The summed E-state index contributed by atoms with van der Waals surface area (Å²) in [6.45, 7) is 4.06. The summed E-state index contributed by atoms with van der Waals surface area (Å²) in [5.74, 6) is -0.318. The Morgan fingerprint density at radius 1 is 1.14 bits per heavy atom. The van der Waals surface area contributed by atoms with E-state index in [1.54, 1.807) is 11.6 Å². The maximum atomic E-state index is 12.4. The van der Waals surface area contributed by atoms with Crippen LogP contribution in [0.1, 0.15) is 11.4 Å². The minimum Gasteiger partial charge on any atom is -0.463 e. The zero-order valence-electron chi connectivity index (χ0n) is 16.0. The maximum Gasteiger partial charge on any atom is 0.332 e. The lowest BCUT2D eigenvalue weighted by Crippen LogP contribution is -2.37. The van der Waals surface area contributed by atoms with Crippen molar-refractivity contribution in [3.05, 3.63) is 44.6 Å². The van der Waals surface area contributed by atoms with Crippen molar-refractivity contribution in [2.45, 2.75) is 25.5 Å². The Labute approximate surface area is 164 Å². The molecule has 0 N–H and O–H groups in total. The standard InChI is InChI=1S/C17H20N6O4S/c1-10-7-11(2)20-16(19-10)28-8-12(24)27-6-5-23-9-18-14-13(23)15(25)22(4)17(26)21(14)3/h7,9H,5-6,8H2,1-4H3. The third kappa shape index (κ3) is 3.98. The molecule has 0 unspecified atom stereocenters. The number of rotatable bonds is 6. The number of fused-ring (bicyclic) bond motifs is 1. The fraction of sp³-hybridized carbons (Fsp3) is 0.412. The topological polar surface area (TPSA) is 114 Å². The predicted molar refractivity (Wildman–Crippen MR) is 103 cm³/mol. The number of aromatic nitrogens is 6. The molecular formula is C17H20N6O4S. The first-order chi connectivity index (χ1) is 13.3. The van der Waals surface area contributed by atoms with Gasteiger partial charge < -0.3 is 9.30 Å². The van der Waals surface area contributed by atoms with E-state index in [0.717, 1.165) is 16.0 Å². The van der Waals surface area contributed by atoms with Crippen LogP contribution in [0.3, 0.4) is 0 Å². The number of ether oxygens (including phenoxy) is 1. The molecular weight excluding hydrogens is 384 g/mol. The van der Waals surface area contributed by atoms with Gasteiger partial charge in [0.05, 0.1) is 18.6 Å². The average molecular weight is 404 g/mol. The molecule has 0 spiro atoms. The first kappa shape index (κ1) is 19.8. The van der Waals surface area contributed by atoms with Crippen LogP contribution >= 0.6 is 11.8 Å². The molecule has 0 atom stereocenters. The molecule has 3 rings (SSSR count). The van der Waals surface area contributed by atoms with Crippen LogP contribution in [0, 0.1) is 13.8 Å². The van der Waals surface area contributed by atoms with Crippen molar-refractivity contribution >= 4 is 28.9 Å². The summed E-state index contributed by atoms with van der Waals surface area (Å²) >= 11 is 1.21. The molecule has 0 aromatic carbocycles. The molecule has 0 aliphatic rings. The van der Waals surface area contributed by atoms with Crippen LogP contribution in [-0.2, 0) is 30.2 Å². The highest BCUT2D eigenvalue weighted by molar-refractivity contribution is 7.99. The Hall–Kier alpha value is -2.95. The molecule has 0 saturated heterocycles. The Bertz CT molecular complexity index is 1140. The van der Waals surface area contributed by atoms with Gasteiger partial charge in [-0.15, -0.1) is 0 Å². The van der Waals surface area contributed by atoms with Crippen molar-refractivity contribution in [3.63, 3.8) is 0 Å². The first-order valence-electron chi connectivity index (χ1n) is 8.49. The normalized spacial score (nSPS) is 11.1. The fourth-order valence-electron chi connectivity index (χ4n) is 2.75. The van der Waals surface area contributed by atoms with Gasteiger partial charge in [-0.25, -0.2) is 19.7 Å². The second kappa shape index (κ2) is 7.97. The molecule has 0 saturated carbocycles. The lowest BCUT2D eigenvalue weighted by molar-refractivity contribution is -0.140. The van der Waals surface area contributed by atoms with E-state index in [2.05, 4.69) is 15.0 Å². The van der Waals surface area contributed by atoms with E-state index in [9.17, 15) is 14.4 Å². The van der Waals surface area contributed by atoms with Crippen molar-refractivity contribution in [2.75, 3.05) is 12.4 Å². The number of thioether (sulfide) groups is 1. The minimum absolute atomic E-state index is 0.0740. The second-order valence-corrected chi connectivity index (χ2v) is 7.20. The Balaban J connectivity index is 1.61. The quantitative estimate of drug-likeness (QED) is 0.325. The molecule has 3 aromatic rings. The Morgan fingerprint density at radius 2 is 1.82 bits per heavy atom. The SMILES string of the molecule is Cc1cc(C)nc(SCC(=O)OCCn2cnc3c2c(=O)n(C)c(=O)n3C)n1. The van der Waals surface area contributed by atoms with E-state index in [1.807, 2.05) is 19.9 Å². The summed E-state index contributed by atoms with van der Waals surface area (Å²) in [7, 11) is 2.96. The highest BCUT2D eigenvalue weighted by atomic mass is 32.2. The first-order valence-corrected chi connectivity index (χ1v) is 9.48. The summed E-state index contributed by atoms with van der Waals surface area (Å²) in [6.07, 6.45) is 1.46. The van der Waals surface area contributed by atoms with Gasteiger partial charge in [0.25, 0.3) is 5.56 Å². The summed E-state index contributed by atoms with van der Waals surface area (Å²) in [5.41, 5.74) is 1.38. The van der Waals surface area contributed by atoms with Crippen LogP contribution in [0.2, 0.25) is 0 Å². The third-order valence-electron chi connectivity index (χ3n) is 4.09. The predicted octanol–water partition coefficient (Wildman–Crippen LogP) is 0.176. The van der Waals surface area contributed by atoms with Crippen LogP contribution in [0.15, 0.2) is 27.1 Å². The molecule has 11 heteroatoms. The van der Waals surface area contributed by atoms with Crippen molar-refractivity contribution < 1.29 is 9.53 Å². The summed E-state index contributed by atoms with van der Waals surface area (Å²) in [5, 5.41) is 0.527. The average Bonchev–Trinajstić information content (AvgIpc) is 3.06. The molecule has 3 aromatic heterocycles. The zero-order chi connectivity index (χ0) is 20.4. The zero-order valence-corrected chi connectivity index (χ0v) is 16.8. The minimum atomic E-state index is -0.445. The number of hydrogen-bond donors (Lipinski definition) is 0. The van der Waals surface area contributed by atoms with Crippen LogP contribution in [0.25, 0.3) is 11.2 Å². The van der Waals surface area contributed by atoms with Crippen LogP contribution < -0.4 is 11.2 Å². The van der Waals surface area contributed by atoms with Gasteiger partial charge in [0.15, 0.2) is 16.3 Å². The monoisotopic (exact) mass is 404 g/mol. The second-order valence-electron chi connectivity index (χ2n) is 6.26. The molecule has 0 aliphatic heterocycles. The summed E-state index contributed by atoms with van der Waals surface area (Å²) < 4.78 is 9.13. The van der Waals surface area contributed by atoms with Crippen LogP contribution in [0.5, 0.6) is 0 Å². The summed E-state index contributed by atoms with van der Waals surface area (Å²) in [4.78, 5) is 48.9. The van der Waals surface area contributed by atoms with Gasteiger partial charge in [-0.2, -0.15) is 0 Å². The van der Waals surface area contributed by atoms with Gasteiger partial charge in [-0.05, 0) is 19.9 Å². The van der Waals surface area contributed by atoms with Gasteiger partial charge in [-0.1, -0.05) is 11.8 Å². The molecule has 0 amide bonds. The molecule has 148 valence electrons. The van der Waals surface area contributed by atoms with E-state index in [1.165, 1.54) is 29.7 Å². The molecule has 3 heterocycles. The Morgan fingerprint density at radius 3 is 2.50 bits per heavy atom. The number of imidazole rings is 1. The number of nitrogens with zero attached hydrogens (tertiary/aromatic N) is 6. The van der Waals surface area contributed by atoms with Crippen molar-refractivity contribution in [3.8, 4) is 0 Å². The van der Waals surface area contributed by atoms with Gasteiger partial charge >= 0.3 is 11.7 Å². The van der Waals surface area contributed by atoms with Gasteiger partial charge in [0.2, 0.25) is 0 Å². The van der Waals surface area contributed by atoms with Crippen molar-refractivity contribution in [1.29, 1.82) is 0 Å². The number of carbonyl (C=O) groups is 1. The lowest BCUT2D eigenvalue weighted by Gasteiger charge is -2.08. The highest BCUT2D eigenvalue weighted by Gasteiger charge is 2.14. The van der Waals surface area contributed by atoms with E-state index in [4.69, 9.17) is 4.74 Å². The van der Waals surface area contributed by atoms with E-state index < -0.39 is 17.2 Å². The van der Waals surface area contributed by atoms with Crippen molar-refractivity contribution in [2.24, 2.45) is 14.1 Å². The highest BCUT2D eigenvalue weighted by Crippen LogP contribution is 2.14. The summed E-state index contributed by atoms with van der Waals surface area (Å²) in [6, 6.07) is 1.86. The molecule has 0 bridgehead atoms. The Kier molecular flexibility index (Phi) is 5.63. The van der Waals surface area contributed by atoms with Crippen LogP contribution in [-0.4, -0.2) is 47.0 Å². The number of esters is 1. The molecule has 0 fully saturated rings. The van der Waals surface area contributed by atoms with Crippen molar-refractivity contribution in [1.82, 2.24) is 28.7 Å². The fourth-order valence-corrected chi connectivity index (χ4v) is 3.49. The maximum absolute atomic E-state index is 12.4. The lowest BCUT2D eigenvalue weighted by atomic mass is 10.4. The van der Waals surface area contributed by atoms with Gasteiger partial charge in [0.1, 0.15) is 6.61 Å². The van der Waals surface area contributed by atoms with E-state index in [0.29, 0.717) is 16.3 Å². The largest absolute Gasteiger partial charge is 0.463 e. The molecule has 28 heavy (non-hydrogen) atoms. The van der Waals surface area contributed by atoms with Gasteiger partial charge in [0, 0.05) is 25.5 Å². The molecule has 0 aliphatic carbocycles. The number of carbonyl (C=O) groups excluding carboxylic acids is 1. The van der Waals surface area contributed by atoms with E-state index in [-0.39, 0.29) is 18.9 Å². The van der Waals surface area contributed by atoms with E-state index >= 15 is 0 Å². The number of hydrogen-bond acceptors (Lipinski definition) is 8. The molecule has 0 radical (unpaired) electrons. The van der Waals surface area contributed by atoms with Gasteiger partial charge in [-0.3, -0.25) is 18.7 Å². The van der Waals surface area contributed by atoms with Crippen LogP contribution in [0.4, 0.5) is 0 Å². The smallest absolute Gasteiger partial charge is 0.332 e. The third-order valence-corrected chi connectivity index (χ3v) is 4.91. The molecule has 10 nitrogen and oxygen atoms in total. The number of aryl methyl sites for hydroxylation is 3.